The number of para-hydroxylation sites is 1. The number of rotatable bonds is 4. The third-order valence-corrected chi connectivity index (χ3v) is 4.36. The van der Waals surface area contributed by atoms with E-state index in [9.17, 15) is 4.79 Å². The van der Waals surface area contributed by atoms with Gasteiger partial charge in [-0.1, -0.05) is 42.5 Å². The van der Waals surface area contributed by atoms with Crippen molar-refractivity contribution in [3.05, 3.63) is 90.0 Å². The molecule has 0 radical (unpaired) electrons. The summed E-state index contributed by atoms with van der Waals surface area (Å²) in [7, 11) is 0. The molecule has 0 atom stereocenters. The predicted octanol–water partition coefficient (Wildman–Crippen LogP) is 4.23. The van der Waals surface area contributed by atoms with E-state index in [-0.39, 0.29) is 43.0 Å². The lowest BCUT2D eigenvalue weighted by atomic mass is 10.0. The molecule has 2 nitrogen and oxygen atoms in total. The second-order valence-electron chi connectivity index (χ2n) is 5.08. The van der Waals surface area contributed by atoms with Crippen LogP contribution < -0.4 is 9.16 Å². The van der Waals surface area contributed by atoms with Gasteiger partial charge in [-0.2, -0.15) is 0 Å². The molecule has 0 saturated carbocycles. The number of hydrogen-bond donors (Lipinski definition) is 0. The van der Waals surface area contributed by atoms with E-state index >= 15 is 0 Å². The van der Waals surface area contributed by atoms with E-state index in [0.717, 1.165) is 37.8 Å². The molecule has 0 bridgehead atoms. The van der Waals surface area contributed by atoms with Gasteiger partial charge in [-0.3, -0.25) is 4.79 Å². The van der Waals surface area contributed by atoms with Gasteiger partial charge in [0, 0.05) is 11.1 Å². The summed E-state index contributed by atoms with van der Waals surface area (Å²) in [5.74, 6) is 1.57. The van der Waals surface area contributed by atoms with Crippen LogP contribution in [0.3, 0.4) is 0 Å². The van der Waals surface area contributed by atoms with Gasteiger partial charge in [-0.25, -0.2) is 0 Å². The summed E-state index contributed by atoms with van der Waals surface area (Å²) in [5.41, 5.74) is 1.48. The topological polar surface area (TPSA) is 26.3 Å². The van der Waals surface area contributed by atoms with Crippen LogP contribution in [0.25, 0.3) is 0 Å². The van der Waals surface area contributed by atoms with Crippen molar-refractivity contribution in [1.82, 2.24) is 0 Å². The predicted molar refractivity (Wildman–Crippen MR) is 113 cm³/mol. The zero-order chi connectivity index (χ0) is 15.4. The lowest BCUT2D eigenvalue weighted by molar-refractivity contribution is 0.104. The van der Waals surface area contributed by atoms with Crippen molar-refractivity contribution >= 4 is 63.7 Å². The highest BCUT2D eigenvalue weighted by atomic mass is 35.5. The normalized spacial score (nSPS) is 8.96. The van der Waals surface area contributed by atoms with E-state index in [0.29, 0.717) is 5.56 Å². The summed E-state index contributed by atoms with van der Waals surface area (Å²) in [4.78, 5) is 12.5. The minimum absolute atomic E-state index is 0. The molecule has 0 spiro atoms. The zero-order valence-corrected chi connectivity index (χ0v) is 18.0. The number of carbonyl (C=O) groups is 1. The van der Waals surface area contributed by atoms with E-state index in [4.69, 9.17) is 4.74 Å². The number of benzene rings is 3. The second-order valence-corrected chi connectivity index (χ2v) is 6.16. The third kappa shape index (κ3) is 6.08. The lowest BCUT2D eigenvalue weighted by Gasteiger charge is -2.08. The highest BCUT2D eigenvalue weighted by Gasteiger charge is 2.10. The van der Waals surface area contributed by atoms with Crippen molar-refractivity contribution in [2.75, 3.05) is 0 Å². The van der Waals surface area contributed by atoms with Crippen LogP contribution in [0.15, 0.2) is 78.9 Å². The fraction of sp³-hybridized carbons (Fsp3) is 0. The highest BCUT2D eigenvalue weighted by Crippen LogP contribution is 2.21. The molecule has 6 heteroatoms. The molecule has 0 saturated heterocycles. The Morgan fingerprint density at radius 2 is 1.20 bits per heavy atom. The molecule has 3 rings (SSSR count). The van der Waals surface area contributed by atoms with Gasteiger partial charge in [0.05, 0.1) is 0 Å². The van der Waals surface area contributed by atoms with Gasteiger partial charge in [0.25, 0.3) is 16.3 Å². The molecule has 130 valence electrons. The molecule has 0 aromatic heterocycles. The molecule has 0 amide bonds. The van der Waals surface area contributed by atoms with Crippen molar-refractivity contribution in [1.29, 1.82) is 0 Å². The molecule has 0 heterocycles. The second kappa shape index (κ2) is 11.2. The maximum Gasteiger partial charge on any atom is 0.260 e. The Hall–Kier alpha value is -1.47. The number of halogens is 3. The van der Waals surface area contributed by atoms with Crippen LogP contribution in [-0.2, 0) is 0 Å². The fourth-order valence-corrected chi connectivity index (χ4v) is 2.87. The average molecular weight is 412 g/mol. The van der Waals surface area contributed by atoms with E-state index in [1.807, 2.05) is 78.9 Å². The summed E-state index contributed by atoms with van der Waals surface area (Å²) in [6.07, 6.45) is 0. The Labute approximate surface area is 174 Å². The summed E-state index contributed by atoms with van der Waals surface area (Å²) >= 11 is 0.861. The monoisotopic (exact) mass is 410 g/mol. The van der Waals surface area contributed by atoms with E-state index < -0.39 is 0 Å². The number of ketones is 1. The molecular formula is C19H18AlCl3O2. The number of ether oxygens (including phenoxy) is 1. The zero-order valence-electron chi connectivity index (χ0n) is 13.5. The van der Waals surface area contributed by atoms with E-state index in [1.54, 1.807) is 0 Å². The Balaban J connectivity index is 0.00000192. The van der Waals surface area contributed by atoms with Gasteiger partial charge < -0.3 is 4.74 Å². The van der Waals surface area contributed by atoms with Crippen LogP contribution in [0.4, 0.5) is 0 Å². The van der Waals surface area contributed by atoms with Gasteiger partial charge in [0.2, 0.25) is 0 Å². The van der Waals surface area contributed by atoms with Crippen molar-refractivity contribution in [3.63, 3.8) is 0 Å². The highest BCUT2D eigenvalue weighted by molar-refractivity contribution is 6.37. The number of hydrogen-bond acceptors (Lipinski definition) is 2. The standard InChI is InChI=1S/C19H13O2.Al.3ClH.2H/c20-19(15-7-3-1-4-8-15)16-11-13-18(14-12-16)21-17-9-5-2-6-10-17;;;;;;/h1-7,9-14H;;3*1H;;. The van der Waals surface area contributed by atoms with Crippen molar-refractivity contribution in [2.24, 2.45) is 0 Å². The van der Waals surface area contributed by atoms with Gasteiger partial charge in [-0.05, 0) is 36.4 Å². The summed E-state index contributed by atoms with van der Waals surface area (Å²) in [6.45, 7) is 0. The first-order chi connectivity index (χ1) is 10.7. The van der Waals surface area contributed by atoms with Crippen LogP contribution in [0.1, 0.15) is 15.9 Å². The number of carbonyl (C=O) groups excluding carboxylic acids is 1. The lowest BCUT2D eigenvalue weighted by Crippen LogP contribution is -2.15. The molecule has 25 heavy (non-hydrogen) atoms. The molecule has 3 aromatic rings. The van der Waals surface area contributed by atoms with Gasteiger partial charge in [0.15, 0.2) is 5.78 Å². The van der Waals surface area contributed by atoms with Crippen LogP contribution in [0.5, 0.6) is 11.5 Å². The SMILES string of the molecule is Cl.Cl.Cl.O=C(c1ccc(Oc2ccccc2)cc1)c1cccc[c]1[AlH2]. The average Bonchev–Trinajstić information content (AvgIpc) is 2.56. The molecule has 0 fully saturated rings. The Bertz CT molecular complexity index is 793. The van der Waals surface area contributed by atoms with Crippen molar-refractivity contribution < 1.29 is 9.53 Å². The summed E-state index contributed by atoms with van der Waals surface area (Å²) in [6, 6.07) is 24.6. The first-order valence-electron chi connectivity index (χ1n) is 7.17. The van der Waals surface area contributed by atoms with E-state index in [2.05, 4.69) is 0 Å². The Kier molecular flexibility index (Phi) is 10.5. The van der Waals surface area contributed by atoms with Gasteiger partial charge in [-0.15, -0.1) is 41.6 Å². The largest absolute Gasteiger partial charge is 0.457 e. The smallest absolute Gasteiger partial charge is 0.260 e. The van der Waals surface area contributed by atoms with Crippen LogP contribution >= 0.6 is 37.2 Å². The molecule has 0 unspecified atom stereocenters. The van der Waals surface area contributed by atoms with Crippen LogP contribution in [0, 0.1) is 0 Å². The van der Waals surface area contributed by atoms with Crippen molar-refractivity contribution in [2.45, 2.75) is 0 Å². The summed E-state index contributed by atoms with van der Waals surface area (Å²) in [5, 5.41) is 0. The minimum Gasteiger partial charge on any atom is -0.457 e. The molecular weight excluding hydrogens is 394 g/mol. The van der Waals surface area contributed by atoms with Gasteiger partial charge in [0.1, 0.15) is 11.5 Å². The Morgan fingerprint density at radius 1 is 0.680 bits per heavy atom. The molecule has 0 aliphatic carbocycles. The third-order valence-electron chi connectivity index (χ3n) is 3.49. The molecule has 0 N–H and O–H groups in total. The maximum absolute atomic E-state index is 12.5. The fourth-order valence-electron chi connectivity index (χ4n) is 2.28. The van der Waals surface area contributed by atoms with Crippen molar-refractivity contribution in [3.8, 4) is 11.5 Å². The quantitative estimate of drug-likeness (QED) is 0.474. The van der Waals surface area contributed by atoms with Crippen LogP contribution in [0.2, 0.25) is 0 Å². The maximum atomic E-state index is 12.5. The molecule has 0 aliphatic heterocycles. The van der Waals surface area contributed by atoms with E-state index in [1.165, 1.54) is 0 Å². The first-order valence-corrected chi connectivity index (χ1v) is 8.17. The first kappa shape index (κ1) is 23.5. The molecule has 0 aliphatic rings. The summed E-state index contributed by atoms with van der Waals surface area (Å²) < 4.78 is 6.86. The minimum atomic E-state index is 0. The Morgan fingerprint density at radius 3 is 1.80 bits per heavy atom. The van der Waals surface area contributed by atoms with Gasteiger partial charge >= 0.3 is 0 Å². The van der Waals surface area contributed by atoms with Crippen LogP contribution in [-0.4, -0.2) is 22.1 Å². The molecule has 3 aromatic carbocycles.